The highest BCUT2D eigenvalue weighted by atomic mass is 79.9. The number of carbonyl (C=O) groups is 3. The van der Waals surface area contributed by atoms with Gasteiger partial charge in [-0.05, 0) is 31.0 Å². The molecule has 9 heteroatoms. The van der Waals surface area contributed by atoms with E-state index in [1.165, 1.54) is 0 Å². The Kier molecular flexibility index (Phi) is 8.20. The number of nitrogens with two attached hydrogens (primary N) is 1. The number of hydrogen-bond donors (Lipinski definition) is 4. The summed E-state index contributed by atoms with van der Waals surface area (Å²) in [5, 5.41) is 2.37. The highest BCUT2D eigenvalue weighted by molar-refractivity contribution is 9.10. The molecule has 0 saturated heterocycles. The molecule has 25 heavy (non-hydrogen) atoms. The van der Waals surface area contributed by atoms with Crippen LogP contribution >= 0.6 is 15.9 Å². The summed E-state index contributed by atoms with van der Waals surface area (Å²) in [6.45, 7) is 5.22. The van der Waals surface area contributed by atoms with Crippen molar-refractivity contribution in [1.82, 2.24) is 16.2 Å². The summed E-state index contributed by atoms with van der Waals surface area (Å²) < 4.78 is 6.32. The van der Waals surface area contributed by atoms with Gasteiger partial charge in [-0.3, -0.25) is 20.4 Å². The molecule has 0 radical (unpaired) electrons. The van der Waals surface area contributed by atoms with Crippen LogP contribution in [0.2, 0.25) is 0 Å². The van der Waals surface area contributed by atoms with Gasteiger partial charge in [-0.25, -0.2) is 4.79 Å². The first-order valence-electron chi connectivity index (χ1n) is 7.82. The zero-order valence-electron chi connectivity index (χ0n) is 14.3. The van der Waals surface area contributed by atoms with E-state index in [9.17, 15) is 14.4 Å². The normalized spacial score (nSPS) is 13.9. The first-order chi connectivity index (χ1) is 11.7. The van der Waals surface area contributed by atoms with Crippen LogP contribution in [0.15, 0.2) is 28.7 Å². The number of amides is 4. The molecule has 0 aliphatic carbocycles. The van der Waals surface area contributed by atoms with Crippen molar-refractivity contribution in [3.05, 3.63) is 28.7 Å². The third-order valence-corrected chi connectivity index (χ3v) is 4.07. The van der Waals surface area contributed by atoms with Gasteiger partial charge in [0, 0.05) is 4.47 Å². The molecule has 8 nitrogen and oxygen atoms in total. The molecule has 0 aromatic heterocycles. The minimum atomic E-state index is -0.843. The van der Waals surface area contributed by atoms with Crippen molar-refractivity contribution in [2.75, 3.05) is 0 Å². The van der Waals surface area contributed by atoms with E-state index in [0.717, 1.165) is 4.47 Å². The smallest absolute Gasteiger partial charge is 0.312 e. The number of carbonyl (C=O) groups excluding carboxylic acids is 3. The Hall–Kier alpha value is -2.29. The molecular weight excluding hydrogens is 392 g/mol. The van der Waals surface area contributed by atoms with Crippen LogP contribution in [0.4, 0.5) is 4.79 Å². The number of ether oxygens (including phenoxy) is 1. The number of halogens is 1. The molecule has 0 bridgehead atoms. The van der Waals surface area contributed by atoms with Gasteiger partial charge >= 0.3 is 6.03 Å². The lowest BCUT2D eigenvalue weighted by Gasteiger charge is -2.23. The van der Waals surface area contributed by atoms with Crippen molar-refractivity contribution >= 4 is 33.8 Å². The third kappa shape index (κ3) is 7.00. The predicted molar refractivity (Wildman–Crippen MR) is 96.5 cm³/mol. The third-order valence-electron chi connectivity index (χ3n) is 3.58. The van der Waals surface area contributed by atoms with Gasteiger partial charge in [0.15, 0.2) is 6.10 Å². The molecular formula is C16H23BrN4O4. The number of hydrazine groups is 1. The van der Waals surface area contributed by atoms with Gasteiger partial charge in [-0.15, -0.1) is 0 Å². The van der Waals surface area contributed by atoms with Crippen molar-refractivity contribution in [2.45, 2.75) is 39.3 Å². The Morgan fingerprint density at radius 2 is 1.84 bits per heavy atom. The summed E-state index contributed by atoms with van der Waals surface area (Å²) in [4.78, 5) is 35.2. The maximum Gasteiger partial charge on any atom is 0.312 e. The van der Waals surface area contributed by atoms with Gasteiger partial charge < -0.3 is 15.8 Å². The van der Waals surface area contributed by atoms with Gasteiger partial charge in [0.05, 0.1) is 0 Å². The fourth-order valence-electron chi connectivity index (χ4n) is 1.96. The molecule has 1 rings (SSSR count). The summed E-state index contributed by atoms with van der Waals surface area (Å²) in [5.74, 6) is -0.734. The highest BCUT2D eigenvalue weighted by Gasteiger charge is 2.26. The Bertz CT molecular complexity index is 626. The zero-order valence-corrected chi connectivity index (χ0v) is 15.9. The van der Waals surface area contributed by atoms with Crippen LogP contribution in [-0.2, 0) is 9.59 Å². The van der Waals surface area contributed by atoms with Crippen molar-refractivity contribution in [2.24, 2.45) is 11.7 Å². The van der Waals surface area contributed by atoms with Crippen molar-refractivity contribution < 1.29 is 19.1 Å². The molecule has 0 spiro atoms. The number of urea groups is 1. The fourth-order valence-corrected chi connectivity index (χ4v) is 2.33. The van der Waals surface area contributed by atoms with Crippen LogP contribution in [0.25, 0.3) is 0 Å². The molecule has 0 saturated carbocycles. The largest absolute Gasteiger partial charge is 0.481 e. The van der Waals surface area contributed by atoms with Crippen molar-refractivity contribution in [3.8, 4) is 5.75 Å². The number of primary amides is 1. The first kappa shape index (κ1) is 20.8. The van der Waals surface area contributed by atoms with E-state index in [-0.39, 0.29) is 5.92 Å². The average molecular weight is 415 g/mol. The minimum absolute atomic E-state index is 0.153. The Morgan fingerprint density at radius 1 is 1.20 bits per heavy atom. The van der Waals surface area contributed by atoms with Gasteiger partial charge in [0.1, 0.15) is 11.8 Å². The lowest BCUT2D eigenvalue weighted by molar-refractivity contribution is -0.133. The monoisotopic (exact) mass is 414 g/mol. The van der Waals surface area contributed by atoms with Crippen molar-refractivity contribution in [1.29, 1.82) is 0 Å². The van der Waals surface area contributed by atoms with Crippen LogP contribution in [0, 0.1) is 5.92 Å². The number of rotatable bonds is 7. The molecule has 138 valence electrons. The van der Waals surface area contributed by atoms with Crippen LogP contribution in [0.3, 0.4) is 0 Å². The second-order valence-electron chi connectivity index (χ2n) is 5.57. The molecule has 3 unspecified atom stereocenters. The molecule has 3 atom stereocenters. The molecule has 5 N–H and O–H groups in total. The second-order valence-corrected chi connectivity index (χ2v) is 6.48. The number of nitrogens with one attached hydrogen (secondary N) is 3. The van der Waals surface area contributed by atoms with E-state index in [0.29, 0.717) is 12.2 Å². The molecule has 0 fully saturated rings. The van der Waals surface area contributed by atoms with Gasteiger partial charge in [0.2, 0.25) is 0 Å². The Labute approximate surface area is 155 Å². The maximum atomic E-state index is 12.2. The topological polar surface area (TPSA) is 123 Å². The predicted octanol–water partition coefficient (Wildman–Crippen LogP) is 1.45. The maximum absolute atomic E-state index is 12.2. The lowest BCUT2D eigenvalue weighted by Crippen LogP contribution is -2.57. The van der Waals surface area contributed by atoms with E-state index in [1.807, 2.05) is 13.0 Å². The lowest BCUT2D eigenvalue weighted by atomic mass is 9.99. The van der Waals surface area contributed by atoms with Crippen LogP contribution in [0.1, 0.15) is 27.2 Å². The Morgan fingerprint density at radius 3 is 2.40 bits per heavy atom. The van der Waals surface area contributed by atoms with Gasteiger partial charge in [-0.1, -0.05) is 42.3 Å². The number of benzene rings is 1. The average Bonchev–Trinajstić information content (AvgIpc) is 2.56. The number of hydrogen-bond acceptors (Lipinski definition) is 4. The quantitative estimate of drug-likeness (QED) is 0.504. The van der Waals surface area contributed by atoms with Crippen LogP contribution in [0.5, 0.6) is 5.75 Å². The summed E-state index contributed by atoms with van der Waals surface area (Å²) in [7, 11) is 0. The summed E-state index contributed by atoms with van der Waals surface area (Å²) >= 11 is 3.31. The second kappa shape index (κ2) is 9.87. The summed E-state index contributed by atoms with van der Waals surface area (Å²) in [6, 6.07) is 5.39. The van der Waals surface area contributed by atoms with E-state index in [2.05, 4.69) is 32.1 Å². The van der Waals surface area contributed by atoms with Crippen LogP contribution in [-0.4, -0.2) is 30.0 Å². The molecule has 0 heterocycles. The van der Waals surface area contributed by atoms with E-state index in [1.54, 1.807) is 32.0 Å². The van der Waals surface area contributed by atoms with Gasteiger partial charge in [-0.2, -0.15) is 0 Å². The van der Waals surface area contributed by atoms with E-state index in [4.69, 9.17) is 10.5 Å². The molecule has 0 aliphatic heterocycles. The van der Waals surface area contributed by atoms with Crippen LogP contribution < -0.4 is 26.6 Å². The highest BCUT2D eigenvalue weighted by Crippen LogP contribution is 2.18. The minimum Gasteiger partial charge on any atom is -0.481 e. The fraction of sp³-hybridized carbons (Fsp3) is 0.438. The SMILES string of the molecule is CCC(C)C(NC(N)=O)C(=O)NNC(=O)C(C)Oc1cccc(Br)c1. The van der Waals surface area contributed by atoms with E-state index < -0.39 is 30.0 Å². The van der Waals surface area contributed by atoms with E-state index >= 15 is 0 Å². The Balaban J connectivity index is 2.57. The summed E-state index contributed by atoms with van der Waals surface area (Å²) in [5.41, 5.74) is 9.65. The van der Waals surface area contributed by atoms with Gasteiger partial charge in [0.25, 0.3) is 11.8 Å². The van der Waals surface area contributed by atoms with Crippen molar-refractivity contribution in [3.63, 3.8) is 0 Å². The first-order valence-corrected chi connectivity index (χ1v) is 8.61. The zero-order chi connectivity index (χ0) is 19.0. The molecule has 4 amide bonds. The molecule has 1 aromatic carbocycles. The molecule has 1 aromatic rings. The molecule has 0 aliphatic rings. The standard InChI is InChI=1S/C16H23BrN4O4/c1-4-9(2)13(19-16(18)24)15(23)21-20-14(22)10(3)25-12-7-5-6-11(17)8-12/h5-10,13H,4H2,1-3H3,(H,20,22)(H,21,23)(H3,18,19,24). The summed E-state index contributed by atoms with van der Waals surface area (Å²) in [6.07, 6.45) is -0.185.